The van der Waals surface area contributed by atoms with Crippen LogP contribution in [0.2, 0.25) is 0 Å². The van der Waals surface area contributed by atoms with Gasteiger partial charge in [0.05, 0.1) is 6.07 Å². The molecular weight excluding hydrogens is 165 g/mol. The molecule has 1 aliphatic carbocycles. The number of hydrogen-bond donors (Lipinski definition) is 0. The highest BCUT2D eigenvalue weighted by Crippen LogP contribution is 2.32. The van der Waals surface area contributed by atoms with Crippen molar-refractivity contribution in [2.24, 2.45) is 0 Å². The van der Waals surface area contributed by atoms with Crippen LogP contribution in [0.15, 0.2) is 24.3 Å². The predicted molar refractivity (Wildman–Crippen MR) is 48.3 cm³/mol. The summed E-state index contributed by atoms with van der Waals surface area (Å²) in [5, 5.41) is 8.50. The summed E-state index contributed by atoms with van der Waals surface area (Å²) in [5.41, 5.74) is 3.00. The molecule has 2 heteroatoms. The average molecular weight is 173 g/mol. The van der Waals surface area contributed by atoms with Crippen LogP contribution < -0.4 is 0 Å². The Morgan fingerprint density at radius 1 is 1.38 bits per heavy atom. The Kier molecular flexibility index (Phi) is 1.86. The predicted octanol–water partition coefficient (Wildman–Crippen LogP) is 2.68. The Labute approximate surface area is 76.1 Å². The minimum absolute atomic E-state index is 0.232. The summed E-state index contributed by atoms with van der Waals surface area (Å²) < 4.78 is 12.9. The van der Waals surface area contributed by atoms with Crippen molar-refractivity contribution in [1.29, 1.82) is 5.26 Å². The van der Waals surface area contributed by atoms with E-state index in [1.54, 1.807) is 6.07 Å². The smallest absolute Gasteiger partial charge is 0.123 e. The molecule has 1 aromatic rings. The van der Waals surface area contributed by atoms with Crippen LogP contribution in [0.25, 0.3) is 5.57 Å². The first-order valence-corrected chi connectivity index (χ1v) is 4.19. The van der Waals surface area contributed by atoms with Crippen molar-refractivity contribution in [3.05, 3.63) is 41.2 Å². The quantitative estimate of drug-likeness (QED) is 0.553. The highest BCUT2D eigenvalue weighted by molar-refractivity contribution is 5.74. The molecule has 0 unspecified atom stereocenters. The highest BCUT2D eigenvalue weighted by atomic mass is 19.1. The first-order valence-electron chi connectivity index (χ1n) is 4.19. The fourth-order valence-corrected chi connectivity index (χ4v) is 1.70. The summed E-state index contributed by atoms with van der Waals surface area (Å²) in [6.45, 7) is 0. The molecule has 1 aliphatic rings. The van der Waals surface area contributed by atoms with Crippen LogP contribution in [-0.2, 0) is 6.42 Å². The van der Waals surface area contributed by atoms with Gasteiger partial charge in [0.1, 0.15) is 5.82 Å². The third-order valence-electron chi connectivity index (χ3n) is 2.32. The third kappa shape index (κ3) is 1.33. The number of nitriles is 1. The van der Waals surface area contributed by atoms with Crippen LogP contribution in [0.4, 0.5) is 4.39 Å². The lowest BCUT2D eigenvalue weighted by Crippen LogP contribution is -1.82. The first-order chi connectivity index (χ1) is 6.31. The zero-order valence-corrected chi connectivity index (χ0v) is 7.05. The topological polar surface area (TPSA) is 23.8 Å². The van der Waals surface area contributed by atoms with Gasteiger partial charge in [-0.25, -0.2) is 4.39 Å². The molecule has 1 aromatic carbocycles. The van der Waals surface area contributed by atoms with Crippen molar-refractivity contribution in [2.45, 2.75) is 12.8 Å². The minimum atomic E-state index is -0.232. The van der Waals surface area contributed by atoms with Gasteiger partial charge in [0.25, 0.3) is 0 Å². The number of nitrogens with zero attached hydrogens (tertiary/aromatic N) is 1. The van der Waals surface area contributed by atoms with Crippen LogP contribution in [-0.4, -0.2) is 0 Å². The van der Waals surface area contributed by atoms with Gasteiger partial charge in [-0.2, -0.15) is 5.26 Å². The van der Waals surface area contributed by atoms with Crippen LogP contribution in [0, 0.1) is 17.1 Å². The van der Waals surface area contributed by atoms with Gasteiger partial charge in [0.15, 0.2) is 0 Å². The second kappa shape index (κ2) is 3.02. The largest absolute Gasteiger partial charge is 0.207 e. The van der Waals surface area contributed by atoms with E-state index in [1.165, 1.54) is 18.2 Å². The minimum Gasteiger partial charge on any atom is -0.207 e. The van der Waals surface area contributed by atoms with Gasteiger partial charge in [-0.15, -0.1) is 0 Å². The molecule has 0 amide bonds. The van der Waals surface area contributed by atoms with E-state index in [2.05, 4.69) is 0 Å². The molecule has 0 saturated carbocycles. The van der Waals surface area contributed by atoms with Crippen molar-refractivity contribution in [2.75, 3.05) is 0 Å². The fraction of sp³-hybridized carbons (Fsp3) is 0.182. The van der Waals surface area contributed by atoms with Crippen molar-refractivity contribution < 1.29 is 4.39 Å². The first kappa shape index (κ1) is 8.00. The lowest BCUT2D eigenvalue weighted by atomic mass is 10.1. The molecule has 0 fully saturated rings. The maximum atomic E-state index is 12.9. The molecule has 0 aliphatic heterocycles. The molecule has 0 atom stereocenters. The Morgan fingerprint density at radius 2 is 2.23 bits per heavy atom. The fourth-order valence-electron chi connectivity index (χ4n) is 1.70. The normalized spacial score (nSPS) is 17.1. The van der Waals surface area contributed by atoms with E-state index in [0.717, 1.165) is 29.5 Å². The average Bonchev–Trinajstić information content (AvgIpc) is 2.49. The number of aryl methyl sites for hydroxylation is 1. The SMILES string of the molecule is N#CC=C1CCc2ccc(F)cc21. The highest BCUT2D eigenvalue weighted by Gasteiger charge is 2.15. The van der Waals surface area contributed by atoms with Crippen molar-refractivity contribution >= 4 is 5.57 Å². The molecule has 64 valence electrons. The number of hydrogen-bond acceptors (Lipinski definition) is 1. The van der Waals surface area contributed by atoms with Gasteiger partial charge in [-0.1, -0.05) is 6.07 Å². The van der Waals surface area contributed by atoms with Gasteiger partial charge in [0.2, 0.25) is 0 Å². The Bertz CT molecular complexity index is 413. The van der Waals surface area contributed by atoms with Gasteiger partial charge in [0, 0.05) is 6.08 Å². The van der Waals surface area contributed by atoms with E-state index in [4.69, 9.17) is 5.26 Å². The molecule has 2 rings (SSSR count). The lowest BCUT2D eigenvalue weighted by Gasteiger charge is -1.98. The van der Waals surface area contributed by atoms with E-state index in [1.807, 2.05) is 6.07 Å². The number of halogens is 1. The summed E-state index contributed by atoms with van der Waals surface area (Å²) in [6.07, 6.45) is 3.28. The van der Waals surface area contributed by atoms with E-state index in [0.29, 0.717) is 0 Å². The molecular formula is C11H8FN. The summed E-state index contributed by atoms with van der Waals surface area (Å²) in [5.74, 6) is -0.232. The second-order valence-electron chi connectivity index (χ2n) is 3.10. The van der Waals surface area contributed by atoms with E-state index in [9.17, 15) is 4.39 Å². The summed E-state index contributed by atoms with van der Waals surface area (Å²) in [7, 11) is 0. The zero-order valence-electron chi connectivity index (χ0n) is 7.05. The standard InChI is InChI=1S/C11H8FN/c12-10-4-3-8-1-2-9(5-6-13)11(8)7-10/h3-5,7H,1-2H2. The number of allylic oxidation sites excluding steroid dienone is 2. The van der Waals surface area contributed by atoms with Crippen LogP contribution in [0.5, 0.6) is 0 Å². The molecule has 1 nitrogen and oxygen atoms in total. The number of fused-ring (bicyclic) bond motifs is 1. The van der Waals surface area contributed by atoms with E-state index in [-0.39, 0.29) is 5.82 Å². The summed E-state index contributed by atoms with van der Waals surface area (Å²) >= 11 is 0. The molecule has 0 saturated heterocycles. The molecule has 0 spiro atoms. The molecule has 0 N–H and O–H groups in total. The van der Waals surface area contributed by atoms with Crippen LogP contribution >= 0.6 is 0 Å². The van der Waals surface area contributed by atoms with E-state index < -0.39 is 0 Å². The molecule has 0 heterocycles. The van der Waals surface area contributed by atoms with Gasteiger partial charge >= 0.3 is 0 Å². The second-order valence-corrected chi connectivity index (χ2v) is 3.10. The zero-order chi connectivity index (χ0) is 9.26. The molecule has 0 aromatic heterocycles. The maximum Gasteiger partial charge on any atom is 0.123 e. The van der Waals surface area contributed by atoms with Crippen LogP contribution in [0.1, 0.15) is 17.5 Å². The monoisotopic (exact) mass is 173 g/mol. The van der Waals surface area contributed by atoms with E-state index >= 15 is 0 Å². The molecule has 0 radical (unpaired) electrons. The summed E-state index contributed by atoms with van der Waals surface area (Å²) in [6, 6.07) is 6.75. The lowest BCUT2D eigenvalue weighted by molar-refractivity contribution is 0.627. The molecule has 13 heavy (non-hydrogen) atoms. The summed E-state index contributed by atoms with van der Waals surface area (Å²) in [4.78, 5) is 0. The number of benzene rings is 1. The number of rotatable bonds is 0. The Morgan fingerprint density at radius 3 is 3.00 bits per heavy atom. The maximum absolute atomic E-state index is 12.9. The van der Waals surface area contributed by atoms with Gasteiger partial charge < -0.3 is 0 Å². The van der Waals surface area contributed by atoms with Crippen LogP contribution in [0.3, 0.4) is 0 Å². The van der Waals surface area contributed by atoms with Crippen molar-refractivity contribution in [1.82, 2.24) is 0 Å². The molecule has 0 bridgehead atoms. The Balaban J connectivity index is 2.54. The Hall–Kier alpha value is -1.62. The third-order valence-corrected chi connectivity index (χ3v) is 2.32. The van der Waals surface area contributed by atoms with Crippen molar-refractivity contribution in [3.63, 3.8) is 0 Å². The van der Waals surface area contributed by atoms with Crippen molar-refractivity contribution in [3.8, 4) is 6.07 Å². The van der Waals surface area contributed by atoms with Gasteiger partial charge in [-0.05, 0) is 41.7 Å². The van der Waals surface area contributed by atoms with Gasteiger partial charge in [-0.3, -0.25) is 0 Å².